The van der Waals surface area contributed by atoms with Crippen LogP contribution in [0.1, 0.15) is 19.8 Å². The van der Waals surface area contributed by atoms with Crippen molar-refractivity contribution >= 4 is 5.97 Å². The van der Waals surface area contributed by atoms with Gasteiger partial charge in [-0.1, -0.05) is 19.9 Å². The first kappa shape index (κ1) is 15.0. The fraction of sp³-hybridized carbons (Fsp3) is 0.700. The van der Waals surface area contributed by atoms with Crippen LogP contribution in [0.15, 0.2) is 12.2 Å². The molecule has 94 valence electrons. The minimum absolute atomic E-state index is 0.0941. The normalized spacial score (nSPS) is 11.2. The van der Waals surface area contributed by atoms with Crippen LogP contribution < -0.4 is 0 Å². The smallest absolute Gasteiger partial charge is 0.422 e. The monoisotopic (exact) mass is 240 g/mol. The molecule has 6 heteroatoms. The fourth-order valence-electron chi connectivity index (χ4n) is 0.745. The number of halogens is 3. The number of unbranched alkanes of at least 4 members (excludes halogenated alkanes) is 1. The van der Waals surface area contributed by atoms with E-state index in [1.54, 1.807) is 0 Å². The van der Waals surface area contributed by atoms with Gasteiger partial charge in [0.1, 0.15) is 12.2 Å². The molecule has 0 radical (unpaired) electrons. The predicted octanol–water partition coefficient (Wildman–Crippen LogP) is 2.46. The Labute approximate surface area is 92.2 Å². The van der Waals surface area contributed by atoms with Crippen LogP contribution in [-0.4, -0.2) is 32.0 Å². The van der Waals surface area contributed by atoms with Gasteiger partial charge in [0.15, 0.2) is 0 Å². The van der Waals surface area contributed by atoms with Crippen molar-refractivity contribution in [1.29, 1.82) is 0 Å². The highest BCUT2D eigenvalue weighted by Crippen LogP contribution is 2.24. The van der Waals surface area contributed by atoms with Gasteiger partial charge in [-0.05, 0) is 6.42 Å². The summed E-state index contributed by atoms with van der Waals surface area (Å²) < 4.78 is 45.2. The van der Waals surface area contributed by atoms with Crippen LogP contribution in [0.25, 0.3) is 0 Å². The second kappa shape index (κ2) is 7.27. The van der Waals surface area contributed by atoms with Crippen LogP contribution in [0, 0.1) is 0 Å². The van der Waals surface area contributed by atoms with Gasteiger partial charge in [0, 0.05) is 6.61 Å². The lowest BCUT2D eigenvalue weighted by Gasteiger charge is -2.09. The maximum atomic E-state index is 11.9. The number of ether oxygens (including phenoxy) is 2. The summed E-state index contributed by atoms with van der Waals surface area (Å²) in [6, 6.07) is 0. The van der Waals surface area contributed by atoms with Gasteiger partial charge in [-0.25, -0.2) is 4.79 Å². The molecule has 0 saturated carbocycles. The van der Waals surface area contributed by atoms with Gasteiger partial charge < -0.3 is 9.47 Å². The standard InChI is InChI=1S/C10H15F3O3/c1-3-4-5-15-6-7-16-9(14)8(2)10(11,12)13/h2-7H2,1H3. The molecule has 0 saturated heterocycles. The minimum Gasteiger partial charge on any atom is -0.460 e. The second-order valence-electron chi connectivity index (χ2n) is 3.08. The molecule has 0 spiro atoms. The van der Waals surface area contributed by atoms with Gasteiger partial charge in [0.05, 0.1) is 6.61 Å². The van der Waals surface area contributed by atoms with Gasteiger partial charge in [-0.2, -0.15) is 13.2 Å². The number of carbonyl (C=O) groups is 1. The third-order valence-electron chi connectivity index (χ3n) is 1.69. The SMILES string of the molecule is C=C(C(=O)OCCOCCCC)C(F)(F)F. The molecule has 0 aliphatic heterocycles. The topological polar surface area (TPSA) is 35.5 Å². The Kier molecular flexibility index (Phi) is 6.80. The first-order chi connectivity index (χ1) is 7.39. The molecule has 0 aromatic heterocycles. The summed E-state index contributed by atoms with van der Waals surface area (Å²) in [7, 11) is 0. The van der Waals surface area contributed by atoms with Gasteiger partial charge >= 0.3 is 12.1 Å². The second-order valence-corrected chi connectivity index (χ2v) is 3.08. The van der Waals surface area contributed by atoms with E-state index in [-0.39, 0.29) is 13.2 Å². The van der Waals surface area contributed by atoms with E-state index in [1.807, 2.05) is 6.92 Å². The summed E-state index contributed by atoms with van der Waals surface area (Å²) in [5.41, 5.74) is -1.50. The molecule has 0 aliphatic carbocycles. The van der Waals surface area contributed by atoms with E-state index in [4.69, 9.17) is 4.74 Å². The van der Waals surface area contributed by atoms with Crippen molar-refractivity contribution in [2.45, 2.75) is 25.9 Å². The van der Waals surface area contributed by atoms with Crippen LogP contribution in [0.5, 0.6) is 0 Å². The van der Waals surface area contributed by atoms with Crippen molar-refractivity contribution in [3.63, 3.8) is 0 Å². The molecule has 0 aliphatic rings. The number of carbonyl (C=O) groups excluding carboxylic acids is 1. The number of hydrogen-bond acceptors (Lipinski definition) is 3. The van der Waals surface area contributed by atoms with E-state index in [9.17, 15) is 18.0 Å². The molecule has 3 nitrogen and oxygen atoms in total. The molecule has 0 atom stereocenters. The Balaban J connectivity index is 3.63. The Morgan fingerprint density at radius 3 is 2.38 bits per heavy atom. The first-order valence-corrected chi connectivity index (χ1v) is 4.90. The number of esters is 1. The van der Waals surface area contributed by atoms with Crippen molar-refractivity contribution < 1.29 is 27.4 Å². The van der Waals surface area contributed by atoms with Crippen LogP contribution in [0.3, 0.4) is 0 Å². The Morgan fingerprint density at radius 2 is 1.88 bits per heavy atom. The van der Waals surface area contributed by atoms with Crippen LogP contribution in [-0.2, 0) is 14.3 Å². The fourth-order valence-corrected chi connectivity index (χ4v) is 0.745. The zero-order valence-corrected chi connectivity index (χ0v) is 9.10. The molecular formula is C10H15F3O3. The molecule has 0 N–H and O–H groups in total. The van der Waals surface area contributed by atoms with Gasteiger partial charge in [0.25, 0.3) is 0 Å². The van der Waals surface area contributed by atoms with Crippen molar-refractivity contribution in [1.82, 2.24) is 0 Å². The predicted molar refractivity (Wildman–Crippen MR) is 51.9 cm³/mol. The van der Waals surface area contributed by atoms with Crippen molar-refractivity contribution in [3.05, 3.63) is 12.2 Å². The average Bonchev–Trinajstić information content (AvgIpc) is 2.20. The van der Waals surface area contributed by atoms with Crippen LogP contribution >= 0.6 is 0 Å². The Hall–Kier alpha value is -1.04. The average molecular weight is 240 g/mol. The summed E-state index contributed by atoms with van der Waals surface area (Å²) in [6.07, 6.45) is -2.91. The summed E-state index contributed by atoms with van der Waals surface area (Å²) in [5.74, 6) is -1.45. The lowest BCUT2D eigenvalue weighted by atomic mass is 10.3. The molecule has 0 bridgehead atoms. The lowest BCUT2D eigenvalue weighted by molar-refractivity contribution is -0.151. The van der Waals surface area contributed by atoms with E-state index in [0.29, 0.717) is 6.61 Å². The number of rotatable bonds is 7. The largest absolute Gasteiger partial charge is 0.460 e. The zero-order valence-electron chi connectivity index (χ0n) is 9.10. The maximum absolute atomic E-state index is 11.9. The molecule has 0 aromatic rings. The van der Waals surface area contributed by atoms with Crippen molar-refractivity contribution in [3.8, 4) is 0 Å². The van der Waals surface area contributed by atoms with Crippen LogP contribution in [0.4, 0.5) is 13.2 Å². The molecular weight excluding hydrogens is 225 g/mol. The van der Waals surface area contributed by atoms with Crippen molar-refractivity contribution in [2.24, 2.45) is 0 Å². The molecule has 16 heavy (non-hydrogen) atoms. The third-order valence-corrected chi connectivity index (χ3v) is 1.69. The van der Waals surface area contributed by atoms with Gasteiger partial charge in [-0.15, -0.1) is 0 Å². The van der Waals surface area contributed by atoms with E-state index < -0.39 is 17.7 Å². The summed E-state index contributed by atoms with van der Waals surface area (Å²) in [6.45, 7) is 5.00. The van der Waals surface area contributed by atoms with E-state index >= 15 is 0 Å². The highest BCUT2D eigenvalue weighted by molar-refractivity contribution is 5.89. The Morgan fingerprint density at radius 1 is 1.25 bits per heavy atom. The third kappa shape index (κ3) is 6.44. The molecule has 0 unspecified atom stereocenters. The van der Waals surface area contributed by atoms with Gasteiger partial charge in [-0.3, -0.25) is 0 Å². The lowest BCUT2D eigenvalue weighted by Crippen LogP contribution is -2.22. The van der Waals surface area contributed by atoms with E-state index in [0.717, 1.165) is 12.8 Å². The van der Waals surface area contributed by atoms with E-state index in [1.165, 1.54) is 0 Å². The minimum atomic E-state index is -4.74. The van der Waals surface area contributed by atoms with E-state index in [2.05, 4.69) is 11.3 Å². The molecule has 0 aromatic carbocycles. The molecule has 0 rings (SSSR count). The molecule has 0 amide bonds. The summed E-state index contributed by atoms with van der Waals surface area (Å²) in [4.78, 5) is 10.8. The first-order valence-electron chi connectivity index (χ1n) is 4.90. The van der Waals surface area contributed by atoms with Gasteiger partial charge in [0.2, 0.25) is 0 Å². The van der Waals surface area contributed by atoms with Crippen LogP contribution in [0.2, 0.25) is 0 Å². The quantitative estimate of drug-likeness (QED) is 0.389. The van der Waals surface area contributed by atoms with Crippen molar-refractivity contribution in [2.75, 3.05) is 19.8 Å². The summed E-state index contributed by atoms with van der Waals surface area (Å²) >= 11 is 0. The highest BCUT2D eigenvalue weighted by Gasteiger charge is 2.37. The number of alkyl halides is 3. The molecule has 0 fully saturated rings. The number of hydrogen-bond donors (Lipinski definition) is 0. The zero-order chi connectivity index (χ0) is 12.6. The highest BCUT2D eigenvalue weighted by atomic mass is 19.4. The Bertz CT molecular complexity index is 236. The maximum Gasteiger partial charge on any atom is 0.422 e. The summed E-state index contributed by atoms with van der Waals surface area (Å²) in [5, 5.41) is 0. The molecule has 0 heterocycles.